The van der Waals surface area contributed by atoms with Crippen molar-refractivity contribution in [3.05, 3.63) is 29.6 Å². The summed E-state index contributed by atoms with van der Waals surface area (Å²) in [6, 6.07) is 0. The van der Waals surface area contributed by atoms with Gasteiger partial charge in [0.25, 0.3) is 5.89 Å². The highest BCUT2D eigenvalue weighted by molar-refractivity contribution is 7.13. The Kier molecular flexibility index (Phi) is 4.03. The monoisotopic (exact) mass is 331 g/mol. The number of anilines is 1. The van der Waals surface area contributed by atoms with Gasteiger partial charge in [-0.2, -0.15) is 4.98 Å². The molecule has 8 nitrogen and oxygen atoms in total. The summed E-state index contributed by atoms with van der Waals surface area (Å²) in [5.41, 5.74) is 2.98. The minimum atomic E-state index is 0.559. The molecule has 120 valence electrons. The average molecular weight is 331 g/mol. The molecule has 4 rings (SSSR count). The lowest BCUT2D eigenvalue weighted by Gasteiger charge is -2.16. The summed E-state index contributed by atoms with van der Waals surface area (Å²) in [5.74, 6) is 2.31. The maximum absolute atomic E-state index is 5.26. The Morgan fingerprint density at radius 3 is 3.26 bits per heavy atom. The van der Waals surface area contributed by atoms with Crippen LogP contribution in [0.5, 0.6) is 0 Å². The summed E-state index contributed by atoms with van der Waals surface area (Å²) < 4.78 is 7.47. The molecule has 23 heavy (non-hydrogen) atoms. The van der Waals surface area contributed by atoms with Gasteiger partial charge in [-0.25, -0.2) is 4.98 Å². The maximum Gasteiger partial charge on any atom is 0.269 e. The van der Waals surface area contributed by atoms with Crippen molar-refractivity contribution in [2.24, 2.45) is 0 Å². The molecule has 0 amide bonds. The topological polar surface area (TPSA) is 93.7 Å². The van der Waals surface area contributed by atoms with E-state index in [0.29, 0.717) is 5.89 Å². The normalized spacial score (nSPS) is 13.7. The summed E-state index contributed by atoms with van der Waals surface area (Å²) >= 11 is 1.50. The van der Waals surface area contributed by atoms with Gasteiger partial charge >= 0.3 is 0 Å². The van der Waals surface area contributed by atoms with Crippen molar-refractivity contribution in [1.82, 2.24) is 30.0 Å². The van der Waals surface area contributed by atoms with Crippen molar-refractivity contribution in [1.29, 1.82) is 0 Å². The molecular weight excluding hydrogens is 314 g/mol. The Morgan fingerprint density at radius 1 is 1.35 bits per heavy atom. The van der Waals surface area contributed by atoms with Crippen LogP contribution < -0.4 is 10.6 Å². The Balaban J connectivity index is 1.28. The van der Waals surface area contributed by atoms with Gasteiger partial charge in [-0.15, -0.1) is 11.3 Å². The largest absolute Gasteiger partial charge is 0.356 e. The number of aromatic nitrogens is 5. The molecule has 0 radical (unpaired) electrons. The van der Waals surface area contributed by atoms with Crippen LogP contribution >= 0.6 is 11.3 Å². The van der Waals surface area contributed by atoms with Crippen LogP contribution in [0.2, 0.25) is 0 Å². The fourth-order valence-corrected chi connectivity index (χ4v) is 3.14. The number of nitrogens with zero attached hydrogens (tertiary/aromatic N) is 5. The molecular formula is C14H17N7OS. The number of hydrogen-bond donors (Lipinski definition) is 2. The van der Waals surface area contributed by atoms with Crippen molar-refractivity contribution >= 4 is 17.2 Å². The molecule has 0 saturated carbocycles. The smallest absolute Gasteiger partial charge is 0.269 e. The standard InChI is InChI=1S/C14H17N7OS/c1(2-4-21-8-18-13-10(21)5-15-7-17-13)3-12-19-14(22-20-12)11-6-16-9-23-11/h6,8-9,15,17H,1-5,7H2. The van der Waals surface area contributed by atoms with Crippen molar-refractivity contribution in [3.63, 3.8) is 0 Å². The van der Waals surface area contributed by atoms with Crippen LogP contribution in [0.1, 0.15) is 24.4 Å². The van der Waals surface area contributed by atoms with Gasteiger partial charge in [-0.1, -0.05) is 5.16 Å². The van der Waals surface area contributed by atoms with Crippen LogP contribution in [0.4, 0.5) is 5.82 Å². The Labute approximate surface area is 137 Å². The van der Waals surface area contributed by atoms with E-state index < -0.39 is 0 Å². The molecule has 2 N–H and O–H groups in total. The van der Waals surface area contributed by atoms with Gasteiger partial charge in [0.2, 0.25) is 0 Å². The van der Waals surface area contributed by atoms with Gasteiger partial charge in [0.1, 0.15) is 10.7 Å². The van der Waals surface area contributed by atoms with Gasteiger partial charge in [0.15, 0.2) is 5.82 Å². The van der Waals surface area contributed by atoms with Crippen LogP contribution in [-0.2, 0) is 19.5 Å². The van der Waals surface area contributed by atoms with Crippen LogP contribution in [-0.4, -0.2) is 31.3 Å². The quantitative estimate of drug-likeness (QED) is 0.666. The van der Waals surface area contributed by atoms with E-state index in [0.717, 1.165) is 55.5 Å². The summed E-state index contributed by atoms with van der Waals surface area (Å²) in [6.07, 6.45) is 6.52. The third-order valence-electron chi connectivity index (χ3n) is 3.78. The lowest BCUT2D eigenvalue weighted by molar-refractivity contribution is 0.421. The third kappa shape index (κ3) is 3.10. The average Bonchev–Trinajstić information content (AvgIpc) is 3.31. The summed E-state index contributed by atoms with van der Waals surface area (Å²) in [5, 5.41) is 10.6. The molecule has 0 atom stereocenters. The molecule has 0 saturated heterocycles. The maximum atomic E-state index is 5.26. The van der Waals surface area contributed by atoms with E-state index in [2.05, 4.69) is 35.3 Å². The highest BCUT2D eigenvalue weighted by Crippen LogP contribution is 2.21. The molecule has 0 fully saturated rings. The third-order valence-corrected chi connectivity index (χ3v) is 4.54. The second kappa shape index (κ2) is 6.47. The number of hydrogen-bond acceptors (Lipinski definition) is 8. The SMILES string of the molecule is c1ncc(-c2nc(CCCCn3cnc4c3CNCN4)no2)s1. The molecule has 0 unspecified atom stereocenters. The van der Waals surface area contributed by atoms with E-state index in [1.54, 1.807) is 11.7 Å². The van der Waals surface area contributed by atoms with Crippen molar-refractivity contribution < 1.29 is 4.52 Å². The van der Waals surface area contributed by atoms with Crippen LogP contribution in [0.15, 0.2) is 22.6 Å². The van der Waals surface area contributed by atoms with Gasteiger partial charge in [0, 0.05) is 19.5 Å². The Morgan fingerprint density at radius 2 is 2.35 bits per heavy atom. The number of aryl methyl sites for hydroxylation is 2. The van der Waals surface area contributed by atoms with E-state index in [1.165, 1.54) is 17.0 Å². The van der Waals surface area contributed by atoms with E-state index in [1.807, 2.05) is 6.33 Å². The molecule has 0 bridgehead atoms. The summed E-state index contributed by atoms with van der Waals surface area (Å²) in [6.45, 7) is 2.60. The van der Waals surface area contributed by atoms with Crippen LogP contribution in [0.25, 0.3) is 10.8 Å². The van der Waals surface area contributed by atoms with Crippen molar-refractivity contribution in [2.75, 3.05) is 12.0 Å². The zero-order valence-electron chi connectivity index (χ0n) is 12.5. The molecule has 3 aromatic rings. The van der Waals surface area contributed by atoms with E-state index >= 15 is 0 Å². The lowest BCUT2D eigenvalue weighted by atomic mass is 10.2. The van der Waals surface area contributed by atoms with Crippen LogP contribution in [0.3, 0.4) is 0 Å². The molecule has 0 aliphatic carbocycles. The van der Waals surface area contributed by atoms with Gasteiger partial charge in [-0.05, 0) is 12.8 Å². The summed E-state index contributed by atoms with van der Waals surface area (Å²) in [7, 11) is 0. The molecule has 9 heteroatoms. The van der Waals surface area contributed by atoms with Gasteiger partial charge in [0.05, 0.1) is 30.4 Å². The number of nitrogens with one attached hydrogen (secondary N) is 2. The minimum absolute atomic E-state index is 0.559. The summed E-state index contributed by atoms with van der Waals surface area (Å²) in [4.78, 5) is 13.7. The molecule has 0 aromatic carbocycles. The highest BCUT2D eigenvalue weighted by Gasteiger charge is 2.14. The molecule has 4 heterocycles. The highest BCUT2D eigenvalue weighted by atomic mass is 32.1. The molecule has 1 aliphatic rings. The predicted octanol–water partition coefficient (Wildman–Crippen LogP) is 1.89. The van der Waals surface area contributed by atoms with Gasteiger partial charge < -0.3 is 14.4 Å². The lowest BCUT2D eigenvalue weighted by Crippen LogP contribution is -2.28. The number of thiazole rings is 1. The zero-order valence-corrected chi connectivity index (χ0v) is 13.3. The van der Waals surface area contributed by atoms with E-state index in [9.17, 15) is 0 Å². The first-order chi connectivity index (χ1) is 11.4. The molecule has 1 aliphatic heterocycles. The van der Waals surface area contributed by atoms with Gasteiger partial charge in [-0.3, -0.25) is 10.3 Å². The second-order valence-corrected chi connectivity index (χ2v) is 6.24. The zero-order chi connectivity index (χ0) is 15.5. The van der Waals surface area contributed by atoms with E-state index in [4.69, 9.17) is 4.52 Å². The first kappa shape index (κ1) is 14.3. The van der Waals surface area contributed by atoms with Crippen LogP contribution in [0, 0.1) is 0 Å². The Bertz CT molecular complexity index is 764. The number of unbranched alkanes of at least 4 members (excludes halogenated alkanes) is 1. The number of imidazole rings is 1. The first-order valence-electron chi connectivity index (χ1n) is 7.60. The first-order valence-corrected chi connectivity index (χ1v) is 8.48. The van der Waals surface area contributed by atoms with E-state index in [-0.39, 0.29) is 0 Å². The fraction of sp³-hybridized carbons (Fsp3) is 0.429. The van der Waals surface area contributed by atoms with Crippen molar-refractivity contribution in [2.45, 2.75) is 32.4 Å². The minimum Gasteiger partial charge on any atom is -0.356 e. The molecule has 3 aromatic heterocycles. The molecule has 0 spiro atoms. The fourth-order valence-electron chi connectivity index (χ4n) is 2.60. The number of rotatable bonds is 6. The Hall–Kier alpha value is -2.26. The predicted molar refractivity (Wildman–Crippen MR) is 85.9 cm³/mol. The second-order valence-electron chi connectivity index (χ2n) is 5.35. The van der Waals surface area contributed by atoms with Crippen molar-refractivity contribution in [3.8, 4) is 10.8 Å². The number of fused-ring (bicyclic) bond motifs is 1.